The van der Waals surface area contributed by atoms with E-state index in [2.05, 4.69) is 15.7 Å². The third-order valence-corrected chi connectivity index (χ3v) is 119. The SMILES string of the molecule is C=[CH][Ru](=[CH2])([CH3])([CH3])([Cl])([Cl])([PH](C1CCCC1)(C1CCCC1)C1CCCC1)[PH](C1CCCC1)(C1CCCC1)C1CCCC1. The van der Waals surface area contributed by atoms with Crippen LogP contribution < -0.4 is 0 Å². The summed E-state index contributed by atoms with van der Waals surface area (Å²) in [4.78, 5) is 0. The average Bonchev–Trinajstić information content (AvgIpc) is 3.75. The molecule has 0 amide bonds. The molecule has 6 saturated carbocycles. The van der Waals surface area contributed by atoms with Gasteiger partial charge in [-0.15, -0.1) is 0 Å². The fourth-order valence-electron chi connectivity index (χ4n) is 14.6. The summed E-state index contributed by atoms with van der Waals surface area (Å²) in [6, 6.07) is 0. The van der Waals surface area contributed by atoms with E-state index in [9.17, 15) is 19.4 Å². The van der Waals surface area contributed by atoms with Gasteiger partial charge < -0.3 is 0 Å². The van der Waals surface area contributed by atoms with Crippen molar-refractivity contribution in [1.29, 1.82) is 0 Å². The van der Waals surface area contributed by atoms with E-state index in [1.165, 1.54) is 154 Å². The average molecular weight is 722 g/mol. The molecule has 0 aromatic carbocycles. The van der Waals surface area contributed by atoms with Crippen LogP contribution in [0, 0.1) is 0 Å². The molecule has 0 radical (unpaired) electrons. The minimum atomic E-state index is -6.29. The van der Waals surface area contributed by atoms with Crippen LogP contribution in [0.4, 0.5) is 0 Å². The molecule has 239 valence electrons. The molecule has 0 N–H and O–H groups in total. The summed E-state index contributed by atoms with van der Waals surface area (Å²) in [6.45, 7) is -1.20. The second-order valence-electron chi connectivity index (χ2n) is 17.5. The van der Waals surface area contributed by atoms with Crippen LogP contribution in [0.25, 0.3) is 0 Å². The Kier molecular flexibility index (Phi) is 7.06. The Bertz CT molecular complexity index is 985. The van der Waals surface area contributed by atoms with E-state index in [0.29, 0.717) is 0 Å². The van der Waals surface area contributed by atoms with Crippen LogP contribution in [0.15, 0.2) is 11.2 Å². The molecule has 0 unspecified atom stereocenters. The number of halogens is 2. The van der Waals surface area contributed by atoms with Gasteiger partial charge in [0.1, 0.15) is 0 Å². The summed E-state index contributed by atoms with van der Waals surface area (Å²) >= 11 is 0. The van der Waals surface area contributed by atoms with Gasteiger partial charge in [0.2, 0.25) is 0 Å². The summed E-state index contributed by atoms with van der Waals surface area (Å²) in [5.41, 5.74) is 4.96. The van der Waals surface area contributed by atoms with Gasteiger partial charge in [-0.05, 0) is 0 Å². The Hall–Kier alpha value is 1.67. The van der Waals surface area contributed by atoms with E-state index >= 15 is 0 Å². The zero-order valence-corrected chi connectivity index (χ0v) is 31.8. The molecule has 0 spiro atoms. The molecule has 0 aromatic heterocycles. The molecule has 6 aliphatic rings. The van der Waals surface area contributed by atoms with E-state index in [4.69, 9.17) is 11.7 Å². The van der Waals surface area contributed by atoms with E-state index in [1.54, 1.807) is 0 Å². The van der Waals surface area contributed by atoms with Gasteiger partial charge in [0.05, 0.1) is 0 Å². The molecule has 0 aromatic rings. The zero-order chi connectivity index (χ0) is 28.5. The van der Waals surface area contributed by atoms with Crippen molar-refractivity contribution in [2.24, 2.45) is 0 Å². The van der Waals surface area contributed by atoms with Crippen molar-refractivity contribution in [2.75, 3.05) is 0 Å². The Balaban J connectivity index is 1.84. The molecule has 6 fully saturated rings. The van der Waals surface area contributed by atoms with Gasteiger partial charge in [-0.25, -0.2) is 0 Å². The predicted molar refractivity (Wildman–Crippen MR) is 191 cm³/mol. The fourth-order valence-corrected chi connectivity index (χ4v) is 158. The van der Waals surface area contributed by atoms with Gasteiger partial charge in [-0.1, -0.05) is 0 Å². The Morgan fingerprint density at radius 3 is 0.725 bits per heavy atom. The molecule has 0 heterocycles. The summed E-state index contributed by atoms with van der Waals surface area (Å²) in [5, 5.41) is 6.12. The summed E-state index contributed by atoms with van der Waals surface area (Å²) in [5.74, 6) is 0. The van der Waals surface area contributed by atoms with E-state index in [1.807, 2.05) is 0 Å². The van der Waals surface area contributed by atoms with Crippen molar-refractivity contribution in [3.8, 4) is 0 Å². The fraction of sp³-hybridized carbons (Fsp3) is 0.914. The van der Waals surface area contributed by atoms with Crippen molar-refractivity contribution in [3.05, 3.63) is 11.2 Å². The molecule has 6 rings (SSSR count). The first kappa shape index (κ1) is 31.6. The van der Waals surface area contributed by atoms with Gasteiger partial charge in [0, 0.05) is 0 Å². The van der Waals surface area contributed by atoms with Crippen molar-refractivity contribution in [1.82, 2.24) is 0 Å². The molecular weight excluding hydrogens is 654 g/mol. The molecule has 0 nitrogen and oxygen atoms in total. The van der Waals surface area contributed by atoms with E-state index < -0.39 is 17.9 Å². The minimum absolute atomic E-state index is 0.770. The number of rotatable bonds is 9. The van der Waals surface area contributed by atoms with Gasteiger partial charge >= 0.3 is 253 Å². The third-order valence-electron chi connectivity index (χ3n) is 15.3. The summed E-state index contributed by atoms with van der Waals surface area (Å²) in [6.07, 6.45) is 33.7. The van der Waals surface area contributed by atoms with Crippen LogP contribution in [-0.2, 0) is 6.68 Å². The topological polar surface area (TPSA) is 0 Å². The van der Waals surface area contributed by atoms with Gasteiger partial charge in [-0.3, -0.25) is 0 Å². The monoisotopic (exact) mass is 721 g/mol. The van der Waals surface area contributed by atoms with Crippen LogP contribution >= 0.6 is 30.6 Å². The Morgan fingerprint density at radius 2 is 0.600 bits per heavy atom. The quantitative estimate of drug-likeness (QED) is 0.164. The first-order chi connectivity index (χ1) is 18.7. The molecular formula is C35H67Cl2P2Ru. The van der Waals surface area contributed by atoms with Crippen LogP contribution in [-0.4, -0.2) is 39.1 Å². The normalized spacial score (nSPS) is 32.7. The van der Waals surface area contributed by atoms with Crippen LogP contribution in [0.2, 0.25) is 11.0 Å². The second kappa shape index (κ2) is 8.93. The van der Waals surface area contributed by atoms with Crippen molar-refractivity contribution >= 4 is 35.7 Å². The van der Waals surface area contributed by atoms with Crippen LogP contribution in [0.3, 0.4) is 0 Å². The number of hydrogen-bond donors (Lipinski definition) is 0. The second-order valence-corrected chi connectivity index (χ2v) is 97.6. The van der Waals surface area contributed by atoms with Crippen molar-refractivity contribution < 1.29 is 6.68 Å². The molecule has 0 saturated heterocycles. The van der Waals surface area contributed by atoms with Gasteiger partial charge in [0.25, 0.3) is 0 Å². The van der Waals surface area contributed by atoms with E-state index in [0.717, 1.165) is 34.0 Å². The first-order valence-corrected chi connectivity index (χ1v) is 37.4. The molecule has 40 heavy (non-hydrogen) atoms. The Labute approximate surface area is 251 Å². The maximum absolute atomic E-state index is 9.89. The standard InChI is InChI=1S/2C15H27P.C2H3.2CH3.CH2.2ClH.Ru/c2*1-2-8-13(7-1)16(14-9-3-4-10-14)15-11-5-6-12-15;1-2;;;;;;/h2*13-15H,1-12H2;1H,2H2;2*1H3;1H2;2*1H;. The van der Waals surface area contributed by atoms with Crippen molar-refractivity contribution in [3.63, 3.8) is 0 Å². The first-order valence-electron chi connectivity index (χ1n) is 17.8. The van der Waals surface area contributed by atoms with E-state index in [-0.39, 0.29) is 0 Å². The molecule has 0 aliphatic heterocycles. The zero-order valence-electron chi connectivity index (χ0n) is 26.5. The predicted octanol–water partition coefficient (Wildman–Crippen LogP) is 13.2. The van der Waals surface area contributed by atoms with Crippen LogP contribution in [0.1, 0.15) is 154 Å². The molecule has 0 atom stereocenters. The molecule has 0 bridgehead atoms. The van der Waals surface area contributed by atoms with Gasteiger partial charge in [-0.2, -0.15) is 0 Å². The van der Waals surface area contributed by atoms with Gasteiger partial charge in [0.15, 0.2) is 0 Å². The van der Waals surface area contributed by atoms with Crippen LogP contribution in [0.5, 0.6) is 0 Å². The third kappa shape index (κ3) is 3.58. The molecule has 6 aliphatic carbocycles. The number of hydrogen-bond acceptors (Lipinski definition) is 0. The summed E-state index contributed by atoms with van der Waals surface area (Å²) in [7, 11) is 19.8. The summed E-state index contributed by atoms with van der Waals surface area (Å²) < 4.78 is 2.55. The van der Waals surface area contributed by atoms with Crippen molar-refractivity contribution in [2.45, 2.75) is 199 Å². The molecule has 5 heteroatoms. The Morgan fingerprint density at radius 1 is 0.450 bits per heavy atom. The maximum atomic E-state index is 9.89.